The maximum absolute atomic E-state index is 13.4. The molecule has 15 atom stereocenters. The van der Waals surface area contributed by atoms with Crippen LogP contribution in [0.15, 0.2) is 0 Å². The molecule has 20 nitrogen and oxygen atoms in total. The van der Waals surface area contributed by atoms with E-state index in [9.17, 15) is 30.0 Å². The van der Waals surface area contributed by atoms with Crippen LogP contribution in [0.4, 0.5) is 4.79 Å². The standard InChI is InChI=1S/C33H61N7O13/c1-32(2,3)53-31(45)39-14-9-33(46,10-14)30(44)40-20-8-19(38)24(50-27-17(36)6-4-15(11-34)47-27)26(22(20)42)52-29-23(43)25(21(13-41)49-29)51-28-18(37)7-5-16(12-35)48-28/h14-29,41-43,46H,4-13,34-38H2,1-3H3,(H,39,45)(H,40,44)/t14?,15-,16+,17+,18+,19-,20+,21+,22-,23+,24+,25+,26+,27+,28+,29-,33?/m0/s1. The predicted octanol–water partition coefficient (Wildman–Crippen LogP) is -4.20. The minimum atomic E-state index is -1.85. The number of ether oxygens (including phenoxy) is 7. The molecule has 53 heavy (non-hydrogen) atoms. The number of nitrogens with one attached hydrogen (secondary N) is 2. The number of carbonyl (C=O) groups is 2. The van der Waals surface area contributed by atoms with E-state index in [1.807, 2.05) is 0 Å². The third kappa shape index (κ3) is 10.1. The third-order valence-electron chi connectivity index (χ3n) is 10.5. The second-order valence-electron chi connectivity index (χ2n) is 16.0. The fourth-order valence-corrected chi connectivity index (χ4v) is 7.49. The minimum absolute atomic E-state index is 0.0202. The van der Waals surface area contributed by atoms with E-state index in [0.717, 1.165) is 0 Å². The number of rotatable bonds is 12. The molecule has 3 saturated heterocycles. The molecule has 306 valence electrons. The molecule has 3 aliphatic heterocycles. The molecule has 5 rings (SSSR count). The first-order valence-corrected chi connectivity index (χ1v) is 18.5. The molecule has 0 aromatic heterocycles. The highest BCUT2D eigenvalue weighted by molar-refractivity contribution is 5.87. The Labute approximate surface area is 308 Å². The molecular formula is C33H61N7O13. The lowest BCUT2D eigenvalue weighted by Crippen LogP contribution is -2.69. The first-order chi connectivity index (χ1) is 24.9. The lowest BCUT2D eigenvalue weighted by Gasteiger charge is -2.48. The molecule has 16 N–H and O–H groups in total. The van der Waals surface area contributed by atoms with Crippen molar-refractivity contribution in [3.05, 3.63) is 0 Å². The summed E-state index contributed by atoms with van der Waals surface area (Å²) in [7, 11) is 0. The summed E-state index contributed by atoms with van der Waals surface area (Å²) in [4.78, 5) is 25.6. The van der Waals surface area contributed by atoms with Gasteiger partial charge in [-0.2, -0.15) is 0 Å². The van der Waals surface area contributed by atoms with Crippen molar-refractivity contribution >= 4 is 12.0 Å². The number of amides is 2. The van der Waals surface area contributed by atoms with E-state index < -0.39 is 116 Å². The Kier molecular flexibility index (Phi) is 14.0. The zero-order valence-electron chi connectivity index (χ0n) is 30.7. The normalized spacial score (nSPS) is 44.9. The first-order valence-electron chi connectivity index (χ1n) is 18.5. The number of alkyl carbamates (subject to hydrolysis) is 1. The molecule has 0 unspecified atom stereocenters. The van der Waals surface area contributed by atoms with Gasteiger partial charge in [0, 0.05) is 38.0 Å². The largest absolute Gasteiger partial charge is 0.444 e. The maximum Gasteiger partial charge on any atom is 0.407 e. The molecule has 2 amide bonds. The summed E-state index contributed by atoms with van der Waals surface area (Å²) in [5, 5.41) is 49.8. The SMILES string of the molecule is CC(C)(C)OC(=O)NC1CC(O)(C(=O)N[C@@H]2C[C@H](N)[C@@H](O[C@H]3O[C@H](CN)CC[C@H]3N)[C@H](O[C@@H]3O[C@H](CO)[C@@H](O[C@H]4O[C@@H](CN)CC[C@H]4N)[C@H]3O)[C@H]2O)C1. The summed E-state index contributed by atoms with van der Waals surface area (Å²) in [6.45, 7) is 5.05. The number of carbonyl (C=O) groups excluding carboxylic acids is 2. The van der Waals surface area contributed by atoms with Crippen LogP contribution in [0.1, 0.15) is 65.7 Å². The molecule has 2 aliphatic carbocycles. The summed E-state index contributed by atoms with van der Waals surface area (Å²) in [6, 6.07) is -3.58. The van der Waals surface area contributed by atoms with Crippen LogP contribution < -0.4 is 39.3 Å². The van der Waals surface area contributed by atoms with Crippen molar-refractivity contribution < 1.29 is 63.2 Å². The number of hydrogen-bond acceptors (Lipinski definition) is 18. The lowest BCUT2D eigenvalue weighted by molar-refractivity contribution is -0.288. The molecule has 5 fully saturated rings. The molecular weight excluding hydrogens is 702 g/mol. The quantitative estimate of drug-likeness (QED) is 0.0897. The molecule has 3 heterocycles. The summed E-state index contributed by atoms with van der Waals surface area (Å²) >= 11 is 0. The Bertz CT molecular complexity index is 1230. The van der Waals surface area contributed by atoms with E-state index >= 15 is 0 Å². The van der Waals surface area contributed by atoms with Gasteiger partial charge in [-0.05, 0) is 52.9 Å². The molecule has 0 aromatic carbocycles. The fourth-order valence-electron chi connectivity index (χ4n) is 7.49. The second kappa shape index (κ2) is 17.5. The zero-order chi connectivity index (χ0) is 38.8. The van der Waals surface area contributed by atoms with Gasteiger partial charge in [0.05, 0.1) is 36.9 Å². The van der Waals surface area contributed by atoms with Crippen LogP contribution in [0.2, 0.25) is 0 Å². The predicted molar refractivity (Wildman–Crippen MR) is 184 cm³/mol. The van der Waals surface area contributed by atoms with E-state index in [4.69, 9.17) is 61.8 Å². The van der Waals surface area contributed by atoms with Crippen molar-refractivity contribution in [1.29, 1.82) is 0 Å². The minimum Gasteiger partial charge on any atom is -0.444 e. The van der Waals surface area contributed by atoms with Crippen molar-refractivity contribution in [3.63, 3.8) is 0 Å². The molecule has 2 saturated carbocycles. The summed E-state index contributed by atoms with van der Waals surface area (Å²) in [6.07, 6.45) is -10.3. The number of hydrogen-bond donors (Lipinski definition) is 11. The number of aliphatic hydroxyl groups is 4. The average molecular weight is 764 g/mol. The van der Waals surface area contributed by atoms with Gasteiger partial charge in [0.15, 0.2) is 18.9 Å². The van der Waals surface area contributed by atoms with E-state index in [0.29, 0.717) is 25.7 Å². The van der Waals surface area contributed by atoms with Crippen LogP contribution in [0.5, 0.6) is 0 Å². The lowest BCUT2D eigenvalue weighted by atomic mass is 9.74. The summed E-state index contributed by atoms with van der Waals surface area (Å²) in [5.41, 5.74) is 28.3. The molecule has 0 bridgehead atoms. The Balaban J connectivity index is 1.30. The van der Waals surface area contributed by atoms with Crippen LogP contribution in [-0.4, -0.2) is 161 Å². The third-order valence-corrected chi connectivity index (χ3v) is 10.5. The van der Waals surface area contributed by atoms with E-state index in [1.165, 1.54) is 0 Å². The molecule has 20 heteroatoms. The highest BCUT2D eigenvalue weighted by Gasteiger charge is 2.55. The average Bonchev–Trinajstić information content (AvgIpc) is 3.38. The Morgan fingerprint density at radius 3 is 1.85 bits per heavy atom. The molecule has 0 radical (unpaired) electrons. The van der Waals surface area contributed by atoms with Crippen molar-refractivity contribution in [2.24, 2.45) is 28.7 Å². The van der Waals surface area contributed by atoms with E-state index in [-0.39, 0.29) is 44.6 Å². The maximum atomic E-state index is 13.4. The van der Waals surface area contributed by atoms with Crippen molar-refractivity contribution in [3.8, 4) is 0 Å². The Hall–Kier alpha value is -1.86. The molecule has 5 aliphatic rings. The van der Waals surface area contributed by atoms with Gasteiger partial charge >= 0.3 is 6.09 Å². The van der Waals surface area contributed by atoms with Crippen molar-refractivity contribution in [2.75, 3.05) is 19.7 Å². The Morgan fingerprint density at radius 2 is 1.32 bits per heavy atom. The smallest absolute Gasteiger partial charge is 0.407 e. The second-order valence-corrected chi connectivity index (χ2v) is 16.0. The summed E-state index contributed by atoms with van der Waals surface area (Å²) < 4.78 is 41.6. The fraction of sp³-hybridized carbons (Fsp3) is 0.939. The molecule has 0 spiro atoms. The van der Waals surface area contributed by atoms with Gasteiger partial charge in [0.1, 0.15) is 47.8 Å². The Morgan fingerprint density at radius 1 is 0.774 bits per heavy atom. The highest BCUT2D eigenvalue weighted by Crippen LogP contribution is 2.36. The number of nitrogens with two attached hydrogens (primary N) is 5. The van der Waals surface area contributed by atoms with Gasteiger partial charge in [0.2, 0.25) is 0 Å². The topological polar surface area (TPSA) is 334 Å². The van der Waals surface area contributed by atoms with Crippen LogP contribution in [0, 0.1) is 0 Å². The van der Waals surface area contributed by atoms with E-state index in [2.05, 4.69) is 10.6 Å². The van der Waals surface area contributed by atoms with E-state index in [1.54, 1.807) is 20.8 Å². The zero-order valence-corrected chi connectivity index (χ0v) is 30.7. The van der Waals surface area contributed by atoms with Gasteiger partial charge in [0.25, 0.3) is 5.91 Å². The van der Waals surface area contributed by atoms with Gasteiger partial charge in [-0.15, -0.1) is 0 Å². The monoisotopic (exact) mass is 763 g/mol. The van der Waals surface area contributed by atoms with Crippen LogP contribution in [-0.2, 0) is 38.0 Å². The van der Waals surface area contributed by atoms with Crippen molar-refractivity contribution in [1.82, 2.24) is 10.6 Å². The van der Waals surface area contributed by atoms with Crippen LogP contribution in [0.25, 0.3) is 0 Å². The molecule has 0 aromatic rings. The van der Waals surface area contributed by atoms with Gasteiger partial charge in [-0.1, -0.05) is 0 Å². The number of aliphatic hydroxyl groups excluding tert-OH is 3. The van der Waals surface area contributed by atoms with Gasteiger partial charge < -0.3 is 92.9 Å². The van der Waals surface area contributed by atoms with Gasteiger partial charge in [-0.3, -0.25) is 4.79 Å². The van der Waals surface area contributed by atoms with Crippen LogP contribution in [0.3, 0.4) is 0 Å². The van der Waals surface area contributed by atoms with Gasteiger partial charge in [-0.25, -0.2) is 4.79 Å². The van der Waals surface area contributed by atoms with Crippen LogP contribution >= 0.6 is 0 Å². The highest BCUT2D eigenvalue weighted by atomic mass is 16.8. The first kappa shape index (κ1) is 42.3. The van der Waals surface area contributed by atoms with Crippen molar-refractivity contribution in [2.45, 2.75) is 175 Å². The summed E-state index contributed by atoms with van der Waals surface area (Å²) in [5.74, 6) is -0.789.